The topological polar surface area (TPSA) is 84.7 Å². The fourth-order valence-corrected chi connectivity index (χ4v) is 2.18. The van der Waals surface area contributed by atoms with Crippen molar-refractivity contribution in [3.63, 3.8) is 0 Å². The third-order valence-electron chi connectivity index (χ3n) is 2.18. The van der Waals surface area contributed by atoms with E-state index in [0.29, 0.717) is 16.5 Å². The third kappa shape index (κ3) is 2.85. The molecule has 2 heterocycles. The standard InChI is InChI=1S/C11H12N4OS/c1-6-3-10(13-5-8(6)12)17-11-14-7(2)4-9(16)15-11/h3-5H,12H2,1-2H3,(H,14,15,16). The molecule has 88 valence electrons. The molecule has 2 aromatic rings. The molecule has 0 aromatic carbocycles. The second kappa shape index (κ2) is 4.58. The molecule has 0 radical (unpaired) electrons. The molecule has 0 unspecified atom stereocenters. The number of aromatic nitrogens is 3. The zero-order chi connectivity index (χ0) is 12.4. The van der Waals surface area contributed by atoms with Crippen LogP contribution in [0.2, 0.25) is 0 Å². The van der Waals surface area contributed by atoms with Crippen LogP contribution in [0.5, 0.6) is 0 Å². The fraction of sp³-hybridized carbons (Fsp3) is 0.182. The first-order chi connectivity index (χ1) is 8.04. The zero-order valence-electron chi connectivity index (χ0n) is 9.52. The van der Waals surface area contributed by atoms with Gasteiger partial charge in [0.05, 0.1) is 11.9 Å². The van der Waals surface area contributed by atoms with Gasteiger partial charge in [0.15, 0.2) is 5.16 Å². The van der Waals surface area contributed by atoms with Crippen LogP contribution in [0.4, 0.5) is 5.69 Å². The number of nitrogen functional groups attached to an aromatic ring is 1. The van der Waals surface area contributed by atoms with Crippen molar-refractivity contribution < 1.29 is 0 Å². The van der Waals surface area contributed by atoms with E-state index in [1.54, 1.807) is 13.1 Å². The summed E-state index contributed by atoms with van der Waals surface area (Å²) in [6, 6.07) is 3.31. The van der Waals surface area contributed by atoms with Crippen LogP contribution in [0, 0.1) is 13.8 Å². The molecule has 0 bridgehead atoms. The van der Waals surface area contributed by atoms with Crippen molar-refractivity contribution in [1.29, 1.82) is 0 Å². The van der Waals surface area contributed by atoms with E-state index in [4.69, 9.17) is 5.73 Å². The van der Waals surface area contributed by atoms with Gasteiger partial charge in [0.1, 0.15) is 5.03 Å². The number of nitrogens with zero attached hydrogens (tertiary/aromatic N) is 2. The van der Waals surface area contributed by atoms with Gasteiger partial charge >= 0.3 is 0 Å². The predicted octanol–water partition coefficient (Wildman–Crippen LogP) is 1.52. The lowest BCUT2D eigenvalue weighted by atomic mass is 10.3. The summed E-state index contributed by atoms with van der Waals surface area (Å²) in [7, 11) is 0. The molecule has 0 amide bonds. The number of hydrogen-bond acceptors (Lipinski definition) is 5. The Labute approximate surface area is 103 Å². The molecule has 0 aliphatic heterocycles. The monoisotopic (exact) mass is 248 g/mol. The van der Waals surface area contributed by atoms with E-state index in [-0.39, 0.29) is 5.56 Å². The van der Waals surface area contributed by atoms with E-state index in [1.807, 2.05) is 13.0 Å². The average molecular weight is 248 g/mol. The van der Waals surface area contributed by atoms with Gasteiger partial charge in [-0.2, -0.15) is 0 Å². The maximum Gasteiger partial charge on any atom is 0.251 e. The number of rotatable bonds is 2. The molecular formula is C11H12N4OS. The predicted molar refractivity (Wildman–Crippen MR) is 67.1 cm³/mol. The van der Waals surface area contributed by atoms with Crippen LogP contribution in [0.3, 0.4) is 0 Å². The van der Waals surface area contributed by atoms with Gasteiger partial charge in [-0.25, -0.2) is 9.97 Å². The van der Waals surface area contributed by atoms with Gasteiger partial charge < -0.3 is 10.7 Å². The smallest absolute Gasteiger partial charge is 0.251 e. The number of H-pyrrole nitrogens is 1. The van der Waals surface area contributed by atoms with Gasteiger partial charge in [0.25, 0.3) is 5.56 Å². The van der Waals surface area contributed by atoms with E-state index in [1.165, 1.54) is 17.8 Å². The number of aromatic amines is 1. The first-order valence-electron chi connectivity index (χ1n) is 5.02. The third-order valence-corrected chi connectivity index (χ3v) is 2.99. The highest BCUT2D eigenvalue weighted by Gasteiger charge is 2.04. The van der Waals surface area contributed by atoms with E-state index >= 15 is 0 Å². The van der Waals surface area contributed by atoms with Crippen molar-refractivity contribution >= 4 is 17.4 Å². The largest absolute Gasteiger partial charge is 0.397 e. The molecule has 5 nitrogen and oxygen atoms in total. The van der Waals surface area contributed by atoms with Crippen LogP contribution >= 0.6 is 11.8 Å². The first kappa shape index (κ1) is 11.7. The quantitative estimate of drug-likeness (QED) is 0.787. The molecule has 2 aromatic heterocycles. The molecule has 0 atom stereocenters. The summed E-state index contributed by atoms with van der Waals surface area (Å²) in [6.07, 6.45) is 1.60. The SMILES string of the molecule is Cc1cc(=O)[nH]c(Sc2cc(C)c(N)cn2)n1. The summed E-state index contributed by atoms with van der Waals surface area (Å²) in [5.41, 5.74) is 7.82. The lowest BCUT2D eigenvalue weighted by Crippen LogP contribution is -2.08. The van der Waals surface area contributed by atoms with Crippen molar-refractivity contribution in [2.75, 3.05) is 5.73 Å². The van der Waals surface area contributed by atoms with Crippen molar-refractivity contribution in [1.82, 2.24) is 15.0 Å². The van der Waals surface area contributed by atoms with Crippen molar-refractivity contribution in [2.45, 2.75) is 24.0 Å². The summed E-state index contributed by atoms with van der Waals surface area (Å²) in [4.78, 5) is 22.3. The Balaban J connectivity index is 2.31. The Morgan fingerprint density at radius 1 is 1.35 bits per heavy atom. The van der Waals surface area contributed by atoms with Crippen molar-refractivity contribution in [3.05, 3.63) is 39.9 Å². The number of nitrogens with two attached hydrogens (primary N) is 1. The zero-order valence-corrected chi connectivity index (χ0v) is 10.3. The second-order valence-electron chi connectivity index (χ2n) is 3.67. The van der Waals surface area contributed by atoms with Crippen molar-refractivity contribution in [2.24, 2.45) is 0 Å². The maximum atomic E-state index is 11.3. The van der Waals surface area contributed by atoms with E-state index in [0.717, 1.165) is 10.6 Å². The highest BCUT2D eigenvalue weighted by Crippen LogP contribution is 2.24. The normalized spacial score (nSPS) is 10.5. The van der Waals surface area contributed by atoms with Crippen molar-refractivity contribution in [3.8, 4) is 0 Å². The molecule has 0 fully saturated rings. The Morgan fingerprint density at radius 3 is 2.76 bits per heavy atom. The van der Waals surface area contributed by atoms with Crippen LogP contribution in [0.1, 0.15) is 11.3 Å². The minimum absolute atomic E-state index is 0.160. The molecule has 0 spiro atoms. The number of hydrogen-bond donors (Lipinski definition) is 2. The van der Waals surface area contributed by atoms with Gasteiger partial charge in [-0.1, -0.05) is 0 Å². The second-order valence-corrected chi connectivity index (χ2v) is 4.68. The van der Waals surface area contributed by atoms with E-state index < -0.39 is 0 Å². The molecule has 0 aliphatic rings. The number of nitrogens with one attached hydrogen (secondary N) is 1. The Kier molecular flexibility index (Phi) is 3.14. The highest BCUT2D eigenvalue weighted by atomic mass is 32.2. The molecule has 3 N–H and O–H groups in total. The highest BCUT2D eigenvalue weighted by molar-refractivity contribution is 7.99. The Morgan fingerprint density at radius 2 is 2.12 bits per heavy atom. The number of aryl methyl sites for hydroxylation is 2. The average Bonchev–Trinajstić information content (AvgIpc) is 2.22. The Bertz CT molecular complexity index is 609. The molecule has 0 saturated carbocycles. The maximum absolute atomic E-state index is 11.3. The lowest BCUT2D eigenvalue weighted by Gasteiger charge is -2.03. The van der Waals surface area contributed by atoms with E-state index in [9.17, 15) is 4.79 Å². The van der Waals surface area contributed by atoms with Gasteiger partial charge in [-0.3, -0.25) is 4.79 Å². The van der Waals surface area contributed by atoms with Crippen LogP contribution < -0.4 is 11.3 Å². The lowest BCUT2D eigenvalue weighted by molar-refractivity contribution is 0.901. The minimum Gasteiger partial charge on any atom is -0.397 e. The summed E-state index contributed by atoms with van der Waals surface area (Å²) in [5.74, 6) is 0. The van der Waals surface area contributed by atoms with Crippen LogP contribution in [-0.4, -0.2) is 15.0 Å². The molecule has 17 heavy (non-hydrogen) atoms. The number of anilines is 1. The summed E-state index contributed by atoms with van der Waals surface area (Å²) >= 11 is 1.31. The molecule has 0 saturated heterocycles. The van der Waals surface area contributed by atoms with Crippen LogP contribution in [0.25, 0.3) is 0 Å². The fourth-order valence-electron chi connectivity index (χ4n) is 1.30. The molecule has 0 aliphatic carbocycles. The summed E-state index contributed by atoms with van der Waals surface area (Å²) < 4.78 is 0. The molecule has 2 rings (SSSR count). The summed E-state index contributed by atoms with van der Waals surface area (Å²) in [5, 5.41) is 1.29. The van der Waals surface area contributed by atoms with E-state index in [2.05, 4.69) is 15.0 Å². The molecular weight excluding hydrogens is 236 g/mol. The minimum atomic E-state index is -0.160. The summed E-state index contributed by atoms with van der Waals surface area (Å²) in [6.45, 7) is 3.69. The van der Waals surface area contributed by atoms with Gasteiger partial charge in [-0.15, -0.1) is 0 Å². The Hall–Kier alpha value is -1.82. The van der Waals surface area contributed by atoms with Crippen LogP contribution in [-0.2, 0) is 0 Å². The number of pyridine rings is 1. The first-order valence-corrected chi connectivity index (χ1v) is 5.84. The molecule has 6 heteroatoms. The van der Waals surface area contributed by atoms with Gasteiger partial charge in [0.2, 0.25) is 0 Å². The van der Waals surface area contributed by atoms with Gasteiger partial charge in [0, 0.05) is 11.8 Å². The van der Waals surface area contributed by atoms with Gasteiger partial charge in [-0.05, 0) is 37.2 Å². The van der Waals surface area contributed by atoms with Crippen LogP contribution in [0.15, 0.2) is 33.3 Å².